The van der Waals surface area contributed by atoms with E-state index in [4.69, 9.17) is 0 Å². The Labute approximate surface area is 154 Å². The quantitative estimate of drug-likeness (QED) is 0.486. The van der Waals surface area contributed by atoms with Gasteiger partial charge in [0, 0.05) is 20.4 Å². The molecule has 0 atom stereocenters. The molecule has 4 aromatic rings. The zero-order valence-corrected chi connectivity index (χ0v) is 15.2. The molecule has 1 N–H and O–H groups in total. The molecular weight excluding hydrogens is 437 g/mol. The third-order valence-corrected chi connectivity index (χ3v) is 4.97. The molecule has 8 heteroatoms. The van der Waals surface area contributed by atoms with Crippen LogP contribution < -0.4 is 5.32 Å². The summed E-state index contributed by atoms with van der Waals surface area (Å²) in [7, 11) is 0. The lowest BCUT2D eigenvalue weighted by Gasteiger charge is -2.06. The molecule has 0 saturated carbocycles. The van der Waals surface area contributed by atoms with E-state index in [2.05, 4.69) is 43.2 Å². The maximum absolute atomic E-state index is 12.4. The summed E-state index contributed by atoms with van der Waals surface area (Å²) in [6.07, 6.45) is 1.57. The van der Waals surface area contributed by atoms with E-state index in [1.165, 1.54) is 11.3 Å². The number of aromatic nitrogens is 4. The van der Waals surface area contributed by atoms with Crippen LogP contribution in [0, 0.1) is 3.57 Å². The van der Waals surface area contributed by atoms with Gasteiger partial charge in [0.25, 0.3) is 5.91 Å². The Balaban J connectivity index is 1.60. The van der Waals surface area contributed by atoms with E-state index in [1.54, 1.807) is 16.9 Å². The molecule has 0 fully saturated rings. The van der Waals surface area contributed by atoms with Crippen LogP contribution in [0.1, 0.15) is 10.4 Å². The third-order valence-electron chi connectivity index (χ3n) is 3.34. The summed E-state index contributed by atoms with van der Waals surface area (Å²) in [6.45, 7) is 0. The SMILES string of the molecule is O=C(Nc1cccc(-c2nn3cnnc3s2)c1)c1cccc(I)c1. The fourth-order valence-corrected chi connectivity index (χ4v) is 3.60. The highest BCUT2D eigenvalue weighted by molar-refractivity contribution is 14.1. The van der Waals surface area contributed by atoms with Crippen molar-refractivity contribution in [3.8, 4) is 10.6 Å². The largest absolute Gasteiger partial charge is 0.322 e. The van der Waals surface area contributed by atoms with E-state index in [0.717, 1.165) is 24.8 Å². The van der Waals surface area contributed by atoms with Gasteiger partial charge in [0.15, 0.2) is 0 Å². The highest BCUT2D eigenvalue weighted by Gasteiger charge is 2.10. The number of anilines is 1. The first kappa shape index (κ1) is 15.2. The number of nitrogens with one attached hydrogen (secondary N) is 1. The van der Waals surface area contributed by atoms with Crippen LogP contribution in [0.5, 0.6) is 0 Å². The van der Waals surface area contributed by atoms with Crippen molar-refractivity contribution >= 4 is 50.5 Å². The van der Waals surface area contributed by atoms with E-state index in [1.807, 2.05) is 42.5 Å². The van der Waals surface area contributed by atoms with E-state index < -0.39 is 0 Å². The standard InChI is InChI=1S/C16H10IN5OS/c17-12-5-1-3-10(7-12)14(23)19-13-6-2-4-11(8-13)15-21-22-9-18-20-16(22)24-15/h1-9H,(H,19,23). The molecule has 0 spiro atoms. The number of nitrogens with zero attached hydrogens (tertiary/aromatic N) is 4. The lowest BCUT2D eigenvalue weighted by molar-refractivity contribution is 0.102. The normalized spacial score (nSPS) is 10.9. The monoisotopic (exact) mass is 447 g/mol. The molecule has 0 aliphatic carbocycles. The van der Waals surface area contributed by atoms with Gasteiger partial charge in [-0.3, -0.25) is 4.79 Å². The van der Waals surface area contributed by atoms with Crippen molar-refractivity contribution < 1.29 is 4.79 Å². The van der Waals surface area contributed by atoms with Crippen molar-refractivity contribution in [1.82, 2.24) is 19.8 Å². The number of carbonyl (C=O) groups is 1. The average molecular weight is 447 g/mol. The molecule has 0 bridgehead atoms. The van der Waals surface area contributed by atoms with Gasteiger partial charge in [0.05, 0.1) is 0 Å². The molecule has 2 aromatic carbocycles. The van der Waals surface area contributed by atoms with Crippen molar-refractivity contribution in [2.75, 3.05) is 5.32 Å². The number of halogens is 1. The van der Waals surface area contributed by atoms with Gasteiger partial charge >= 0.3 is 0 Å². The first-order valence-electron chi connectivity index (χ1n) is 7.03. The molecule has 0 aliphatic rings. The summed E-state index contributed by atoms with van der Waals surface area (Å²) in [6, 6.07) is 15.1. The number of hydrogen-bond acceptors (Lipinski definition) is 5. The van der Waals surface area contributed by atoms with Gasteiger partial charge in [-0.15, -0.1) is 10.2 Å². The maximum Gasteiger partial charge on any atom is 0.255 e. The predicted molar refractivity (Wildman–Crippen MR) is 101 cm³/mol. The van der Waals surface area contributed by atoms with Crippen LogP contribution in [0.3, 0.4) is 0 Å². The van der Waals surface area contributed by atoms with Crippen LogP contribution in [0.15, 0.2) is 54.9 Å². The first-order chi connectivity index (χ1) is 11.7. The van der Waals surface area contributed by atoms with Crippen molar-refractivity contribution in [3.05, 3.63) is 64.0 Å². The van der Waals surface area contributed by atoms with Gasteiger partial charge < -0.3 is 5.32 Å². The number of hydrogen-bond donors (Lipinski definition) is 1. The molecular formula is C16H10IN5OS. The maximum atomic E-state index is 12.4. The van der Waals surface area contributed by atoms with Gasteiger partial charge in [0.2, 0.25) is 4.96 Å². The molecule has 0 unspecified atom stereocenters. The summed E-state index contributed by atoms with van der Waals surface area (Å²) in [5.41, 5.74) is 2.28. The molecule has 0 aliphatic heterocycles. The molecule has 6 nitrogen and oxygen atoms in total. The Morgan fingerprint density at radius 2 is 2.04 bits per heavy atom. The Bertz CT molecular complexity index is 1010. The Hall–Kier alpha value is -2.33. The topological polar surface area (TPSA) is 72.2 Å². The zero-order chi connectivity index (χ0) is 16.5. The lowest BCUT2D eigenvalue weighted by Crippen LogP contribution is -2.11. The van der Waals surface area contributed by atoms with Gasteiger partial charge in [0.1, 0.15) is 11.3 Å². The average Bonchev–Trinajstić information content (AvgIpc) is 3.17. The minimum Gasteiger partial charge on any atom is -0.322 e. The molecule has 24 heavy (non-hydrogen) atoms. The highest BCUT2D eigenvalue weighted by atomic mass is 127. The summed E-state index contributed by atoms with van der Waals surface area (Å²) in [4.78, 5) is 13.1. The minimum absolute atomic E-state index is 0.135. The van der Waals surface area contributed by atoms with Crippen molar-refractivity contribution in [2.45, 2.75) is 0 Å². The summed E-state index contributed by atoms with van der Waals surface area (Å²) < 4.78 is 2.66. The Morgan fingerprint density at radius 3 is 2.88 bits per heavy atom. The number of benzene rings is 2. The van der Waals surface area contributed by atoms with E-state index >= 15 is 0 Å². The summed E-state index contributed by atoms with van der Waals surface area (Å²) in [5.74, 6) is -0.135. The smallest absolute Gasteiger partial charge is 0.255 e. The lowest BCUT2D eigenvalue weighted by atomic mass is 10.2. The molecule has 0 radical (unpaired) electrons. The van der Waals surface area contributed by atoms with Crippen LogP contribution in [-0.4, -0.2) is 25.7 Å². The number of fused-ring (bicyclic) bond motifs is 1. The molecule has 118 valence electrons. The fraction of sp³-hybridized carbons (Fsp3) is 0. The van der Waals surface area contributed by atoms with Crippen LogP contribution in [-0.2, 0) is 0 Å². The van der Waals surface area contributed by atoms with Crippen LogP contribution in [0.4, 0.5) is 5.69 Å². The van der Waals surface area contributed by atoms with E-state index in [-0.39, 0.29) is 5.91 Å². The fourth-order valence-electron chi connectivity index (χ4n) is 2.24. The minimum atomic E-state index is -0.135. The van der Waals surface area contributed by atoms with Gasteiger partial charge in [-0.05, 0) is 52.9 Å². The Morgan fingerprint density at radius 1 is 1.17 bits per heavy atom. The van der Waals surface area contributed by atoms with E-state index in [0.29, 0.717) is 5.56 Å². The molecule has 0 saturated heterocycles. The van der Waals surface area contributed by atoms with Gasteiger partial charge in [-0.1, -0.05) is 29.5 Å². The van der Waals surface area contributed by atoms with Gasteiger partial charge in [-0.25, -0.2) is 0 Å². The van der Waals surface area contributed by atoms with Crippen LogP contribution in [0.25, 0.3) is 15.5 Å². The van der Waals surface area contributed by atoms with Crippen molar-refractivity contribution in [2.24, 2.45) is 0 Å². The second-order valence-electron chi connectivity index (χ2n) is 5.01. The number of carbonyl (C=O) groups excluding carboxylic acids is 1. The van der Waals surface area contributed by atoms with Crippen molar-refractivity contribution in [1.29, 1.82) is 0 Å². The van der Waals surface area contributed by atoms with E-state index in [9.17, 15) is 4.79 Å². The molecule has 2 aromatic heterocycles. The van der Waals surface area contributed by atoms with Crippen LogP contribution >= 0.6 is 33.9 Å². The Kier molecular flexibility index (Phi) is 3.98. The van der Waals surface area contributed by atoms with Crippen LogP contribution in [0.2, 0.25) is 0 Å². The highest BCUT2D eigenvalue weighted by Crippen LogP contribution is 2.27. The third kappa shape index (κ3) is 3.02. The number of amides is 1. The molecule has 1 amide bonds. The van der Waals surface area contributed by atoms with Gasteiger partial charge in [-0.2, -0.15) is 9.61 Å². The number of rotatable bonds is 3. The summed E-state index contributed by atoms with van der Waals surface area (Å²) in [5, 5.41) is 16.0. The molecule has 2 heterocycles. The second-order valence-corrected chi connectivity index (χ2v) is 7.21. The summed E-state index contributed by atoms with van der Waals surface area (Å²) >= 11 is 3.64. The zero-order valence-electron chi connectivity index (χ0n) is 12.2. The first-order valence-corrected chi connectivity index (χ1v) is 8.93. The second kappa shape index (κ2) is 6.29. The van der Waals surface area contributed by atoms with Crippen molar-refractivity contribution in [3.63, 3.8) is 0 Å². The molecule has 4 rings (SSSR count). The predicted octanol–water partition coefficient (Wildman–Crippen LogP) is 3.71.